The van der Waals surface area contributed by atoms with Crippen LogP contribution in [0.1, 0.15) is 40.5 Å². The Kier molecular flexibility index (Phi) is 4.96. The van der Waals surface area contributed by atoms with Crippen LogP contribution in [0.2, 0.25) is 0 Å². The molecule has 0 aromatic rings. The molecule has 1 rings (SSSR count). The molecule has 1 fully saturated rings. The number of amides is 1. The highest BCUT2D eigenvalue weighted by Gasteiger charge is 2.33. The van der Waals surface area contributed by atoms with Crippen molar-refractivity contribution in [3.63, 3.8) is 0 Å². The molecule has 1 saturated heterocycles. The van der Waals surface area contributed by atoms with Crippen LogP contribution in [0.3, 0.4) is 0 Å². The molecule has 4 nitrogen and oxygen atoms in total. The first kappa shape index (κ1) is 15.2. The summed E-state index contributed by atoms with van der Waals surface area (Å²) in [5.74, 6) is -0.175. The van der Waals surface area contributed by atoms with E-state index in [1.54, 1.807) is 11.8 Å². The van der Waals surface area contributed by atoms with Crippen LogP contribution in [-0.2, 0) is 4.74 Å². The van der Waals surface area contributed by atoms with E-state index < -0.39 is 17.8 Å². The number of piperidine rings is 1. The molecule has 1 aliphatic heterocycles. The maximum absolute atomic E-state index is 13.9. The zero-order valence-corrected chi connectivity index (χ0v) is 11.8. The van der Waals surface area contributed by atoms with Gasteiger partial charge >= 0.3 is 6.09 Å². The Morgan fingerprint density at radius 1 is 1.50 bits per heavy atom. The number of likely N-dealkylation sites (tertiary alicyclic amines) is 1. The minimum atomic E-state index is -1.06. The Bertz CT molecular complexity index is 289. The van der Waals surface area contributed by atoms with Crippen LogP contribution in [0.5, 0.6) is 0 Å². The summed E-state index contributed by atoms with van der Waals surface area (Å²) in [7, 11) is 0. The number of halogens is 1. The first-order chi connectivity index (χ1) is 8.20. The van der Waals surface area contributed by atoms with E-state index >= 15 is 0 Å². The van der Waals surface area contributed by atoms with Crippen molar-refractivity contribution in [2.45, 2.75) is 58.4 Å². The monoisotopic (exact) mass is 260 g/mol. The summed E-state index contributed by atoms with van der Waals surface area (Å²) in [5, 5.41) is 0. The van der Waals surface area contributed by atoms with Crippen molar-refractivity contribution >= 4 is 6.09 Å². The molecule has 106 valence electrons. The minimum absolute atomic E-state index is 0.175. The first-order valence-electron chi connectivity index (χ1n) is 6.58. The molecule has 2 N–H and O–H groups in total. The minimum Gasteiger partial charge on any atom is -0.444 e. The maximum atomic E-state index is 13.9. The standard InChI is InChI=1S/C13H25FN2O2/c1-9(15)11(14)10-6-5-7-16(8-10)12(17)18-13(2,3)4/h9-11H,5-8,15H2,1-4H3. The predicted molar refractivity (Wildman–Crippen MR) is 69.1 cm³/mol. The van der Waals surface area contributed by atoms with Gasteiger partial charge in [0.1, 0.15) is 11.8 Å². The van der Waals surface area contributed by atoms with Crippen molar-refractivity contribution in [3.05, 3.63) is 0 Å². The van der Waals surface area contributed by atoms with Gasteiger partial charge < -0.3 is 15.4 Å². The molecule has 5 heteroatoms. The van der Waals surface area contributed by atoms with E-state index in [4.69, 9.17) is 10.5 Å². The molecule has 0 saturated carbocycles. The molecule has 18 heavy (non-hydrogen) atoms. The van der Waals surface area contributed by atoms with Crippen molar-refractivity contribution in [3.8, 4) is 0 Å². The second-order valence-corrected chi connectivity index (χ2v) is 6.13. The molecule has 1 aliphatic rings. The lowest BCUT2D eigenvalue weighted by atomic mass is 9.90. The molecule has 3 unspecified atom stereocenters. The number of alkyl halides is 1. The highest BCUT2D eigenvalue weighted by atomic mass is 19.1. The van der Waals surface area contributed by atoms with Gasteiger partial charge in [-0.1, -0.05) is 0 Å². The number of ether oxygens (including phenoxy) is 1. The van der Waals surface area contributed by atoms with Gasteiger partial charge in [0.25, 0.3) is 0 Å². The van der Waals surface area contributed by atoms with E-state index in [1.807, 2.05) is 20.8 Å². The van der Waals surface area contributed by atoms with Crippen molar-refractivity contribution in [2.75, 3.05) is 13.1 Å². The van der Waals surface area contributed by atoms with E-state index in [1.165, 1.54) is 0 Å². The summed E-state index contributed by atoms with van der Waals surface area (Å²) >= 11 is 0. The van der Waals surface area contributed by atoms with Gasteiger partial charge in [0, 0.05) is 25.0 Å². The summed E-state index contributed by atoms with van der Waals surface area (Å²) in [4.78, 5) is 13.5. The van der Waals surface area contributed by atoms with Crippen LogP contribution >= 0.6 is 0 Å². The van der Waals surface area contributed by atoms with Crippen LogP contribution < -0.4 is 5.73 Å². The lowest BCUT2D eigenvalue weighted by Gasteiger charge is -2.36. The Morgan fingerprint density at radius 2 is 2.11 bits per heavy atom. The SMILES string of the molecule is CC(N)C(F)C1CCCN(C(=O)OC(C)(C)C)C1. The van der Waals surface area contributed by atoms with E-state index in [2.05, 4.69) is 0 Å². The molecule has 0 aromatic carbocycles. The van der Waals surface area contributed by atoms with E-state index in [-0.39, 0.29) is 12.0 Å². The highest BCUT2D eigenvalue weighted by molar-refractivity contribution is 5.68. The maximum Gasteiger partial charge on any atom is 0.410 e. The quantitative estimate of drug-likeness (QED) is 0.829. The molecule has 0 aliphatic carbocycles. The van der Waals surface area contributed by atoms with E-state index in [0.717, 1.165) is 12.8 Å². The van der Waals surface area contributed by atoms with Gasteiger partial charge in [-0.2, -0.15) is 0 Å². The van der Waals surface area contributed by atoms with Crippen LogP contribution in [0.15, 0.2) is 0 Å². The second kappa shape index (κ2) is 5.87. The van der Waals surface area contributed by atoms with Crippen LogP contribution in [0, 0.1) is 5.92 Å². The molecule has 0 aromatic heterocycles. The van der Waals surface area contributed by atoms with Crippen LogP contribution in [-0.4, -0.2) is 41.9 Å². The smallest absolute Gasteiger partial charge is 0.410 e. The molecule has 1 heterocycles. The number of carbonyl (C=O) groups excluding carboxylic acids is 1. The number of nitrogens with zero attached hydrogens (tertiary/aromatic N) is 1. The van der Waals surface area contributed by atoms with Crippen LogP contribution in [0.4, 0.5) is 9.18 Å². The third-order valence-corrected chi connectivity index (χ3v) is 3.06. The van der Waals surface area contributed by atoms with Crippen molar-refractivity contribution < 1.29 is 13.9 Å². The number of hydrogen-bond donors (Lipinski definition) is 1. The zero-order valence-electron chi connectivity index (χ0n) is 11.8. The van der Waals surface area contributed by atoms with Gasteiger partial charge in [-0.3, -0.25) is 0 Å². The molecule has 3 atom stereocenters. The second-order valence-electron chi connectivity index (χ2n) is 6.13. The van der Waals surface area contributed by atoms with Gasteiger partial charge in [-0.05, 0) is 40.5 Å². The highest BCUT2D eigenvalue weighted by Crippen LogP contribution is 2.24. The van der Waals surface area contributed by atoms with Gasteiger partial charge in [-0.25, -0.2) is 9.18 Å². The largest absolute Gasteiger partial charge is 0.444 e. The third-order valence-electron chi connectivity index (χ3n) is 3.06. The average molecular weight is 260 g/mol. The van der Waals surface area contributed by atoms with Gasteiger partial charge in [0.2, 0.25) is 0 Å². The van der Waals surface area contributed by atoms with Crippen molar-refractivity contribution in [1.29, 1.82) is 0 Å². The fourth-order valence-corrected chi connectivity index (χ4v) is 2.19. The summed E-state index contributed by atoms with van der Waals surface area (Å²) in [6.45, 7) is 8.18. The molecule has 0 radical (unpaired) electrons. The van der Waals surface area contributed by atoms with Crippen molar-refractivity contribution in [2.24, 2.45) is 11.7 Å². The zero-order chi connectivity index (χ0) is 13.9. The summed E-state index contributed by atoms with van der Waals surface area (Å²) in [6, 6.07) is -0.492. The van der Waals surface area contributed by atoms with Gasteiger partial charge in [-0.15, -0.1) is 0 Å². The average Bonchev–Trinajstić information content (AvgIpc) is 2.25. The van der Waals surface area contributed by atoms with Crippen LogP contribution in [0.25, 0.3) is 0 Å². The summed E-state index contributed by atoms with van der Waals surface area (Å²) < 4.78 is 19.2. The Hall–Kier alpha value is -0.840. The first-order valence-corrected chi connectivity index (χ1v) is 6.58. The third kappa shape index (κ3) is 4.44. The molecule has 0 bridgehead atoms. The normalized spacial score (nSPS) is 24.6. The molecular formula is C13H25FN2O2. The van der Waals surface area contributed by atoms with E-state index in [0.29, 0.717) is 13.1 Å². The Morgan fingerprint density at radius 3 is 2.61 bits per heavy atom. The lowest BCUT2D eigenvalue weighted by Crippen LogP contribution is -2.47. The number of carbonyl (C=O) groups is 1. The van der Waals surface area contributed by atoms with Gasteiger partial charge in [0.15, 0.2) is 0 Å². The lowest BCUT2D eigenvalue weighted by molar-refractivity contribution is 0.00994. The fourth-order valence-electron chi connectivity index (χ4n) is 2.19. The fraction of sp³-hybridized carbons (Fsp3) is 0.923. The number of nitrogens with two attached hydrogens (primary N) is 1. The number of rotatable bonds is 2. The van der Waals surface area contributed by atoms with Gasteiger partial charge in [0.05, 0.1) is 0 Å². The number of hydrogen-bond acceptors (Lipinski definition) is 3. The Balaban J connectivity index is 2.56. The predicted octanol–water partition coefficient (Wildman–Crippen LogP) is 2.32. The summed E-state index contributed by atoms with van der Waals surface area (Å²) in [5.41, 5.74) is 5.07. The summed E-state index contributed by atoms with van der Waals surface area (Å²) in [6.07, 6.45) is 0.165. The van der Waals surface area contributed by atoms with Crippen molar-refractivity contribution in [1.82, 2.24) is 4.90 Å². The Labute approximate surface area is 109 Å². The van der Waals surface area contributed by atoms with E-state index in [9.17, 15) is 9.18 Å². The molecule has 0 spiro atoms. The topological polar surface area (TPSA) is 55.6 Å². The molecular weight excluding hydrogens is 235 g/mol. The molecule has 1 amide bonds.